The zero-order valence-corrected chi connectivity index (χ0v) is 16.4. The van der Waals surface area contributed by atoms with Crippen molar-refractivity contribution in [2.24, 2.45) is 12.5 Å². The Balaban J connectivity index is 1.57. The Hall–Kier alpha value is -1.78. The molecule has 0 N–H and O–H groups in total. The molecule has 1 aromatic carbocycles. The average Bonchev–Trinajstić information content (AvgIpc) is 3.05. The van der Waals surface area contributed by atoms with Gasteiger partial charge < -0.3 is 4.57 Å². The number of hydrogen-bond donors (Lipinski definition) is 0. The van der Waals surface area contributed by atoms with Gasteiger partial charge >= 0.3 is 0 Å². The molecule has 0 atom stereocenters. The van der Waals surface area contributed by atoms with Crippen molar-refractivity contribution in [1.82, 2.24) is 14.8 Å². The van der Waals surface area contributed by atoms with Crippen molar-refractivity contribution in [2.45, 2.75) is 76.5 Å². The molecule has 3 fully saturated rings. The average molecular weight is 373 g/mol. The largest absolute Gasteiger partial charge is 0.314 e. The number of nitrogens with zero attached hydrogens (tertiary/aromatic N) is 3. The number of aromatic nitrogens is 3. The first-order chi connectivity index (χ1) is 13.0. The molecular weight excluding hydrogens is 344 g/mol. The predicted octanol–water partition coefficient (Wildman–Crippen LogP) is 5.93. The van der Waals surface area contributed by atoms with Crippen molar-refractivity contribution in [3.05, 3.63) is 35.7 Å². The fourth-order valence-electron chi connectivity index (χ4n) is 5.42. The standard InChI is InChI=1S/C22H29F2N3/c1-3-4-5-8-21-9-12-22(13-10-21,14-11-21)20-26-25-19(27(20)2)17-7-6-16(23)15-18(17)24/h6-7,15H,3-5,8-14H2,1-2H3. The molecule has 1 heterocycles. The van der Waals surface area contributed by atoms with Crippen LogP contribution in [0.15, 0.2) is 18.2 Å². The van der Waals surface area contributed by atoms with E-state index in [0.29, 0.717) is 16.8 Å². The van der Waals surface area contributed by atoms with E-state index < -0.39 is 11.6 Å². The summed E-state index contributed by atoms with van der Waals surface area (Å²) < 4.78 is 29.4. The van der Waals surface area contributed by atoms with Gasteiger partial charge in [0.15, 0.2) is 5.82 Å². The summed E-state index contributed by atoms with van der Waals surface area (Å²) in [6.07, 6.45) is 12.6. The van der Waals surface area contributed by atoms with Crippen LogP contribution in [0, 0.1) is 17.0 Å². The predicted molar refractivity (Wildman–Crippen MR) is 102 cm³/mol. The van der Waals surface area contributed by atoms with Crippen LogP contribution in [-0.4, -0.2) is 14.8 Å². The quantitative estimate of drug-likeness (QED) is 0.587. The molecule has 1 aromatic heterocycles. The minimum Gasteiger partial charge on any atom is -0.314 e. The Kier molecular flexibility index (Phi) is 4.81. The van der Waals surface area contributed by atoms with Gasteiger partial charge in [-0.15, -0.1) is 10.2 Å². The van der Waals surface area contributed by atoms with Gasteiger partial charge in [0.1, 0.15) is 17.5 Å². The van der Waals surface area contributed by atoms with Gasteiger partial charge in [-0.3, -0.25) is 0 Å². The van der Waals surface area contributed by atoms with Crippen LogP contribution < -0.4 is 0 Å². The van der Waals surface area contributed by atoms with E-state index in [2.05, 4.69) is 17.1 Å². The SMILES string of the molecule is CCCCCC12CCC(c3nnc(-c4ccc(F)cc4F)n3C)(CC1)CC2. The molecule has 2 aromatic rings. The van der Waals surface area contributed by atoms with Crippen LogP contribution in [0.2, 0.25) is 0 Å². The maximum Gasteiger partial charge on any atom is 0.166 e. The molecule has 0 radical (unpaired) electrons. The van der Waals surface area contributed by atoms with E-state index in [0.717, 1.165) is 31.2 Å². The second kappa shape index (κ2) is 6.99. The van der Waals surface area contributed by atoms with Crippen molar-refractivity contribution in [1.29, 1.82) is 0 Å². The smallest absolute Gasteiger partial charge is 0.166 e. The Morgan fingerprint density at radius 3 is 2.33 bits per heavy atom. The molecule has 2 bridgehead atoms. The van der Waals surface area contributed by atoms with E-state index in [4.69, 9.17) is 0 Å². The van der Waals surface area contributed by atoms with E-state index in [1.807, 2.05) is 11.6 Å². The first kappa shape index (κ1) is 18.6. The van der Waals surface area contributed by atoms with Crippen LogP contribution in [0.3, 0.4) is 0 Å². The molecule has 0 saturated heterocycles. The number of halogens is 2. The summed E-state index contributed by atoms with van der Waals surface area (Å²) in [5, 5.41) is 8.79. The van der Waals surface area contributed by atoms with Crippen molar-refractivity contribution in [3.8, 4) is 11.4 Å². The molecule has 0 unspecified atom stereocenters. The zero-order valence-electron chi connectivity index (χ0n) is 16.4. The van der Waals surface area contributed by atoms with Gasteiger partial charge in [-0.1, -0.05) is 26.2 Å². The molecule has 0 spiro atoms. The van der Waals surface area contributed by atoms with E-state index in [-0.39, 0.29) is 5.41 Å². The second-order valence-corrected chi connectivity index (χ2v) is 8.77. The maximum atomic E-state index is 14.2. The molecule has 146 valence electrons. The van der Waals surface area contributed by atoms with E-state index in [9.17, 15) is 8.78 Å². The lowest BCUT2D eigenvalue weighted by molar-refractivity contribution is 0.0250. The van der Waals surface area contributed by atoms with Gasteiger partial charge in [-0.2, -0.15) is 0 Å². The molecule has 3 saturated carbocycles. The minimum absolute atomic E-state index is 0.0724. The Bertz CT molecular complexity index is 802. The number of unbranched alkanes of at least 4 members (excludes halogenated alkanes) is 2. The van der Waals surface area contributed by atoms with Crippen LogP contribution in [-0.2, 0) is 12.5 Å². The Morgan fingerprint density at radius 1 is 1.00 bits per heavy atom. The summed E-state index contributed by atoms with van der Waals surface area (Å²) in [4.78, 5) is 0. The highest BCUT2D eigenvalue weighted by Gasteiger charge is 2.51. The molecule has 5 rings (SSSR count). The monoisotopic (exact) mass is 373 g/mol. The zero-order chi connectivity index (χ0) is 19.1. The highest BCUT2D eigenvalue weighted by atomic mass is 19.1. The normalized spacial score (nSPS) is 27.3. The molecule has 0 amide bonds. The summed E-state index contributed by atoms with van der Waals surface area (Å²) in [6.45, 7) is 2.26. The molecule has 0 aliphatic heterocycles. The summed E-state index contributed by atoms with van der Waals surface area (Å²) in [5.41, 5.74) is 0.930. The van der Waals surface area contributed by atoms with Gasteiger partial charge in [-0.25, -0.2) is 8.78 Å². The molecule has 3 nitrogen and oxygen atoms in total. The van der Waals surface area contributed by atoms with Gasteiger partial charge in [0.05, 0.1) is 5.56 Å². The molecule has 3 aliphatic carbocycles. The third-order valence-electron chi connectivity index (χ3n) is 7.23. The fraction of sp³-hybridized carbons (Fsp3) is 0.636. The van der Waals surface area contributed by atoms with Gasteiger partial charge in [0.25, 0.3) is 0 Å². The highest BCUT2D eigenvalue weighted by Crippen LogP contribution is 2.59. The first-order valence-corrected chi connectivity index (χ1v) is 10.3. The van der Waals surface area contributed by atoms with E-state index in [1.54, 1.807) is 0 Å². The van der Waals surface area contributed by atoms with Gasteiger partial charge in [-0.05, 0) is 62.5 Å². The third-order valence-corrected chi connectivity index (χ3v) is 7.23. The van der Waals surface area contributed by atoms with Crippen LogP contribution in [0.25, 0.3) is 11.4 Å². The second-order valence-electron chi connectivity index (χ2n) is 8.77. The van der Waals surface area contributed by atoms with Crippen molar-refractivity contribution < 1.29 is 8.78 Å². The van der Waals surface area contributed by atoms with Gasteiger partial charge in [0, 0.05) is 18.5 Å². The van der Waals surface area contributed by atoms with Crippen LogP contribution >= 0.6 is 0 Å². The summed E-state index contributed by atoms with van der Waals surface area (Å²) in [5.74, 6) is 0.304. The van der Waals surface area contributed by atoms with Crippen LogP contribution in [0.1, 0.15) is 77.0 Å². The summed E-state index contributed by atoms with van der Waals surface area (Å²) >= 11 is 0. The van der Waals surface area contributed by atoms with Gasteiger partial charge in [0.2, 0.25) is 0 Å². The first-order valence-electron chi connectivity index (χ1n) is 10.3. The highest BCUT2D eigenvalue weighted by molar-refractivity contribution is 5.56. The number of benzene rings is 1. The maximum absolute atomic E-state index is 14.2. The molecule has 27 heavy (non-hydrogen) atoms. The number of hydrogen-bond acceptors (Lipinski definition) is 2. The van der Waals surface area contributed by atoms with Crippen LogP contribution in [0.5, 0.6) is 0 Å². The van der Waals surface area contributed by atoms with Crippen molar-refractivity contribution in [3.63, 3.8) is 0 Å². The summed E-state index contributed by atoms with van der Waals surface area (Å²) in [7, 11) is 1.92. The number of rotatable bonds is 6. The molecule has 3 aliphatic rings. The Labute approximate surface area is 160 Å². The molecular formula is C22H29F2N3. The van der Waals surface area contributed by atoms with E-state index in [1.165, 1.54) is 57.1 Å². The van der Waals surface area contributed by atoms with Crippen molar-refractivity contribution >= 4 is 0 Å². The number of fused-ring (bicyclic) bond motifs is 3. The topological polar surface area (TPSA) is 30.7 Å². The summed E-state index contributed by atoms with van der Waals surface area (Å²) in [6, 6.07) is 3.64. The lowest BCUT2D eigenvalue weighted by atomic mass is 9.52. The minimum atomic E-state index is -0.586. The third kappa shape index (κ3) is 3.19. The van der Waals surface area contributed by atoms with E-state index >= 15 is 0 Å². The lowest BCUT2D eigenvalue weighted by Crippen LogP contribution is -2.45. The Morgan fingerprint density at radius 2 is 1.70 bits per heavy atom. The lowest BCUT2D eigenvalue weighted by Gasteiger charge is -2.53. The van der Waals surface area contributed by atoms with Crippen LogP contribution in [0.4, 0.5) is 8.78 Å². The fourth-order valence-corrected chi connectivity index (χ4v) is 5.42. The molecule has 5 heteroatoms. The van der Waals surface area contributed by atoms with Crippen molar-refractivity contribution in [2.75, 3.05) is 0 Å².